The van der Waals surface area contributed by atoms with Gasteiger partial charge < -0.3 is 0 Å². The number of halogens is 2. The molecule has 4 heteroatoms. The summed E-state index contributed by atoms with van der Waals surface area (Å²) < 4.78 is 15.8. The molecule has 2 rings (SSSR count). The second-order valence-corrected chi connectivity index (χ2v) is 3.91. The molecule has 0 saturated heterocycles. The van der Waals surface area contributed by atoms with Crippen molar-refractivity contribution >= 4 is 26.8 Å². The molecule has 0 aliphatic carbocycles. The number of aryl methyl sites for hydroxylation is 2. The normalized spacial score (nSPS) is 11.1. The third-order valence-corrected chi connectivity index (χ3v) is 2.61. The highest BCUT2D eigenvalue weighted by Gasteiger charge is 2.09. The third-order valence-electron chi connectivity index (χ3n) is 2.15. The second kappa shape index (κ2) is 2.80. The van der Waals surface area contributed by atoms with Crippen LogP contribution in [0.15, 0.2) is 16.6 Å². The minimum Gasteiger partial charge on any atom is -0.272 e. The van der Waals surface area contributed by atoms with Crippen LogP contribution in [0.2, 0.25) is 0 Å². The predicted octanol–water partition coefficient (Wildman–Crippen LogP) is 2.78. The molecule has 0 bridgehead atoms. The van der Waals surface area contributed by atoms with E-state index in [9.17, 15) is 4.39 Å². The average molecular weight is 243 g/mol. The molecule has 0 unspecified atom stereocenters. The average Bonchev–Trinajstić information content (AvgIpc) is 2.32. The Morgan fingerprint density at radius 2 is 2.15 bits per heavy atom. The summed E-state index contributed by atoms with van der Waals surface area (Å²) in [5.41, 5.74) is 1.40. The highest BCUT2D eigenvalue weighted by Crippen LogP contribution is 2.24. The molecule has 0 saturated carbocycles. The number of nitrogens with zero attached hydrogens (tertiary/aromatic N) is 2. The van der Waals surface area contributed by atoms with Gasteiger partial charge in [-0.15, -0.1) is 0 Å². The lowest BCUT2D eigenvalue weighted by Gasteiger charge is -1.93. The molecule has 0 N–H and O–H groups in total. The molecule has 0 atom stereocenters. The van der Waals surface area contributed by atoms with Gasteiger partial charge in [-0.05, 0) is 19.1 Å². The summed E-state index contributed by atoms with van der Waals surface area (Å²) in [6.45, 7) is 1.92. The first-order chi connectivity index (χ1) is 6.09. The quantitative estimate of drug-likeness (QED) is 0.695. The van der Waals surface area contributed by atoms with E-state index in [1.54, 1.807) is 4.68 Å². The van der Waals surface area contributed by atoms with Crippen LogP contribution in [-0.4, -0.2) is 9.78 Å². The predicted molar refractivity (Wildman–Crippen MR) is 53.1 cm³/mol. The van der Waals surface area contributed by atoms with Crippen LogP contribution in [0.25, 0.3) is 10.9 Å². The smallest absolute Gasteiger partial charge is 0.152 e. The lowest BCUT2D eigenvalue weighted by atomic mass is 10.2. The van der Waals surface area contributed by atoms with E-state index in [-0.39, 0.29) is 5.82 Å². The minimum absolute atomic E-state index is 0.284. The Bertz CT molecular complexity index is 476. The monoisotopic (exact) mass is 242 g/mol. The fourth-order valence-electron chi connectivity index (χ4n) is 1.34. The van der Waals surface area contributed by atoms with Gasteiger partial charge in [0, 0.05) is 22.6 Å². The molecule has 0 fully saturated rings. The Labute approximate surface area is 83.5 Å². The molecular weight excluding hydrogens is 235 g/mol. The topological polar surface area (TPSA) is 17.8 Å². The molecule has 0 aliphatic heterocycles. The van der Waals surface area contributed by atoms with Crippen LogP contribution in [-0.2, 0) is 7.05 Å². The van der Waals surface area contributed by atoms with E-state index in [4.69, 9.17) is 0 Å². The van der Waals surface area contributed by atoms with Gasteiger partial charge >= 0.3 is 0 Å². The van der Waals surface area contributed by atoms with Crippen molar-refractivity contribution in [3.63, 3.8) is 0 Å². The van der Waals surface area contributed by atoms with Gasteiger partial charge in [0.25, 0.3) is 0 Å². The molecule has 1 aromatic heterocycles. The van der Waals surface area contributed by atoms with Crippen LogP contribution in [0, 0.1) is 12.7 Å². The van der Waals surface area contributed by atoms with E-state index >= 15 is 0 Å². The van der Waals surface area contributed by atoms with Crippen molar-refractivity contribution < 1.29 is 4.39 Å². The maximum atomic E-state index is 13.3. The molecule has 1 heterocycles. The molecule has 0 amide bonds. The van der Waals surface area contributed by atoms with Crippen molar-refractivity contribution in [3.05, 3.63) is 28.1 Å². The van der Waals surface area contributed by atoms with Crippen LogP contribution < -0.4 is 0 Å². The Hall–Kier alpha value is -0.900. The van der Waals surface area contributed by atoms with Crippen LogP contribution in [0.5, 0.6) is 0 Å². The van der Waals surface area contributed by atoms with Gasteiger partial charge in [0.2, 0.25) is 0 Å². The van der Waals surface area contributed by atoms with Crippen LogP contribution >= 0.6 is 15.9 Å². The lowest BCUT2D eigenvalue weighted by molar-refractivity contribution is 0.631. The number of fused-ring (bicyclic) bond motifs is 1. The molecule has 0 radical (unpaired) electrons. The van der Waals surface area contributed by atoms with Crippen molar-refractivity contribution in [3.8, 4) is 0 Å². The molecule has 0 aliphatic rings. The van der Waals surface area contributed by atoms with Crippen LogP contribution in [0.3, 0.4) is 0 Å². The number of rotatable bonds is 0. The van der Waals surface area contributed by atoms with Crippen molar-refractivity contribution in [2.45, 2.75) is 6.92 Å². The fourth-order valence-corrected chi connectivity index (χ4v) is 1.77. The molecule has 2 nitrogen and oxygen atoms in total. The highest BCUT2D eigenvalue weighted by atomic mass is 79.9. The Morgan fingerprint density at radius 1 is 1.46 bits per heavy atom. The molecule has 68 valence electrons. The van der Waals surface area contributed by atoms with Gasteiger partial charge in [-0.1, -0.05) is 15.9 Å². The van der Waals surface area contributed by atoms with E-state index in [2.05, 4.69) is 21.0 Å². The van der Waals surface area contributed by atoms with Crippen LogP contribution in [0.1, 0.15) is 5.69 Å². The molecule has 2 aromatic rings. The van der Waals surface area contributed by atoms with E-state index < -0.39 is 0 Å². The SMILES string of the molecule is Cc1c2cc(Br)cc(F)c2nn1C. The van der Waals surface area contributed by atoms with Gasteiger partial charge in [-0.3, -0.25) is 4.68 Å². The summed E-state index contributed by atoms with van der Waals surface area (Å²) in [6.07, 6.45) is 0. The molecular formula is C9H8BrFN2. The first-order valence-corrected chi connectivity index (χ1v) is 4.67. The third kappa shape index (κ3) is 1.25. The number of hydrogen-bond acceptors (Lipinski definition) is 1. The summed E-state index contributed by atoms with van der Waals surface area (Å²) in [6, 6.07) is 3.30. The minimum atomic E-state index is -0.284. The van der Waals surface area contributed by atoms with Crippen molar-refractivity contribution in [1.82, 2.24) is 9.78 Å². The highest BCUT2D eigenvalue weighted by molar-refractivity contribution is 9.10. The fraction of sp³-hybridized carbons (Fsp3) is 0.222. The maximum absolute atomic E-state index is 13.3. The zero-order chi connectivity index (χ0) is 9.59. The van der Waals surface area contributed by atoms with Gasteiger partial charge in [0.15, 0.2) is 5.82 Å². The van der Waals surface area contributed by atoms with E-state index in [0.29, 0.717) is 5.52 Å². The van der Waals surface area contributed by atoms with Gasteiger partial charge in [0.1, 0.15) is 5.52 Å². The second-order valence-electron chi connectivity index (χ2n) is 2.99. The van der Waals surface area contributed by atoms with Crippen molar-refractivity contribution in [2.75, 3.05) is 0 Å². The summed E-state index contributed by atoms with van der Waals surface area (Å²) >= 11 is 3.25. The zero-order valence-electron chi connectivity index (χ0n) is 7.31. The van der Waals surface area contributed by atoms with E-state index in [0.717, 1.165) is 15.6 Å². The largest absolute Gasteiger partial charge is 0.272 e. The summed E-state index contributed by atoms with van der Waals surface area (Å²) in [5.74, 6) is -0.284. The first kappa shape index (κ1) is 8.69. The van der Waals surface area contributed by atoms with Crippen LogP contribution in [0.4, 0.5) is 4.39 Å². The first-order valence-electron chi connectivity index (χ1n) is 3.88. The number of benzene rings is 1. The Morgan fingerprint density at radius 3 is 2.85 bits per heavy atom. The molecule has 13 heavy (non-hydrogen) atoms. The molecule has 0 spiro atoms. The Kier molecular flexibility index (Phi) is 1.87. The van der Waals surface area contributed by atoms with Crippen molar-refractivity contribution in [1.29, 1.82) is 0 Å². The maximum Gasteiger partial charge on any atom is 0.152 e. The van der Waals surface area contributed by atoms with Gasteiger partial charge in [0.05, 0.1) is 0 Å². The lowest BCUT2D eigenvalue weighted by Crippen LogP contribution is -1.91. The van der Waals surface area contributed by atoms with E-state index in [1.165, 1.54) is 6.07 Å². The van der Waals surface area contributed by atoms with Gasteiger partial charge in [-0.2, -0.15) is 5.10 Å². The molecule has 1 aromatic carbocycles. The number of hydrogen-bond donors (Lipinski definition) is 0. The zero-order valence-corrected chi connectivity index (χ0v) is 8.89. The van der Waals surface area contributed by atoms with Gasteiger partial charge in [-0.25, -0.2) is 4.39 Å². The standard InChI is InChI=1S/C9H8BrFN2/c1-5-7-3-6(10)4-8(11)9(7)12-13(5)2/h3-4H,1-2H3. The summed E-state index contributed by atoms with van der Waals surface area (Å²) in [4.78, 5) is 0. The van der Waals surface area contributed by atoms with E-state index in [1.807, 2.05) is 20.0 Å². The Balaban J connectivity index is 2.94. The number of aromatic nitrogens is 2. The summed E-state index contributed by atoms with van der Waals surface area (Å²) in [7, 11) is 1.81. The van der Waals surface area contributed by atoms with Crippen molar-refractivity contribution in [2.24, 2.45) is 7.05 Å². The summed E-state index contributed by atoms with van der Waals surface area (Å²) in [5, 5.41) is 4.93.